The van der Waals surface area contributed by atoms with E-state index in [4.69, 9.17) is 9.47 Å². The minimum atomic E-state index is -0.569. The monoisotopic (exact) mass is 442 g/mol. The Bertz CT molecular complexity index is 1100. The molecule has 170 valence electrons. The van der Waals surface area contributed by atoms with Gasteiger partial charge in [0.05, 0.1) is 5.41 Å². The van der Waals surface area contributed by atoms with Crippen molar-refractivity contribution >= 4 is 23.4 Å². The van der Waals surface area contributed by atoms with Crippen LogP contribution in [0.1, 0.15) is 50.8 Å². The zero-order valence-corrected chi connectivity index (χ0v) is 19.6. The average Bonchev–Trinajstić information content (AvgIpc) is 2.82. The molecule has 0 bridgehead atoms. The van der Waals surface area contributed by atoms with Crippen LogP contribution in [0.2, 0.25) is 0 Å². The highest BCUT2D eigenvalue weighted by Gasteiger charge is 2.23. The molecule has 0 amide bonds. The summed E-state index contributed by atoms with van der Waals surface area (Å²) in [5.41, 5.74) is 4.94. The van der Waals surface area contributed by atoms with E-state index >= 15 is 0 Å². The summed E-state index contributed by atoms with van der Waals surface area (Å²) in [4.78, 5) is 22.9. The standard InChI is InChI=1S/C29H30O4/c1-5-26(21-9-7-6-8-10-21)27(22-11-15-24(16-12-22)32-20-19-30)23-13-17-25(18-14-23)33-28(31)29(2,3)4/h6-19H,5,20H2,1-4H3/b27-26+. The van der Waals surface area contributed by atoms with Gasteiger partial charge in [-0.15, -0.1) is 0 Å². The zero-order valence-electron chi connectivity index (χ0n) is 19.6. The van der Waals surface area contributed by atoms with Crippen molar-refractivity contribution in [3.05, 3.63) is 95.6 Å². The maximum absolute atomic E-state index is 12.3. The molecule has 0 aromatic heterocycles. The van der Waals surface area contributed by atoms with Gasteiger partial charge in [-0.2, -0.15) is 0 Å². The number of carbonyl (C=O) groups is 2. The lowest BCUT2D eigenvalue weighted by Gasteiger charge is -2.18. The Morgan fingerprint density at radius 3 is 1.82 bits per heavy atom. The summed E-state index contributed by atoms with van der Waals surface area (Å²) in [7, 11) is 0. The Morgan fingerprint density at radius 1 is 0.788 bits per heavy atom. The van der Waals surface area contributed by atoms with Gasteiger partial charge >= 0.3 is 5.97 Å². The van der Waals surface area contributed by atoms with Crippen LogP contribution in [0, 0.1) is 5.41 Å². The highest BCUT2D eigenvalue weighted by atomic mass is 16.5. The molecule has 0 N–H and O–H groups in total. The van der Waals surface area contributed by atoms with E-state index in [9.17, 15) is 9.59 Å². The third-order valence-corrected chi connectivity index (χ3v) is 5.20. The first-order valence-electron chi connectivity index (χ1n) is 11.1. The van der Waals surface area contributed by atoms with Gasteiger partial charge in [0.1, 0.15) is 18.1 Å². The molecule has 4 nitrogen and oxygen atoms in total. The van der Waals surface area contributed by atoms with Crippen molar-refractivity contribution in [1.82, 2.24) is 0 Å². The Kier molecular flexibility index (Phi) is 7.83. The van der Waals surface area contributed by atoms with Crippen LogP contribution in [0.25, 0.3) is 11.1 Å². The van der Waals surface area contributed by atoms with Crippen LogP contribution in [-0.4, -0.2) is 18.9 Å². The minimum absolute atomic E-state index is 0.0288. The second-order valence-electron chi connectivity index (χ2n) is 8.74. The molecule has 4 heteroatoms. The van der Waals surface area contributed by atoms with Crippen molar-refractivity contribution in [2.24, 2.45) is 5.41 Å². The van der Waals surface area contributed by atoms with Crippen LogP contribution in [0.15, 0.2) is 78.9 Å². The summed E-state index contributed by atoms with van der Waals surface area (Å²) in [6.45, 7) is 7.67. The van der Waals surface area contributed by atoms with Gasteiger partial charge in [0, 0.05) is 0 Å². The zero-order chi connectivity index (χ0) is 23.8. The van der Waals surface area contributed by atoms with E-state index in [0.29, 0.717) is 11.5 Å². The van der Waals surface area contributed by atoms with Gasteiger partial charge in [0.2, 0.25) is 0 Å². The second kappa shape index (κ2) is 10.8. The number of benzene rings is 3. The molecule has 0 unspecified atom stereocenters. The van der Waals surface area contributed by atoms with Gasteiger partial charge in [0.25, 0.3) is 0 Å². The predicted molar refractivity (Wildman–Crippen MR) is 132 cm³/mol. The Balaban J connectivity index is 2.05. The highest BCUT2D eigenvalue weighted by Crippen LogP contribution is 2.35. The van der Waals surface area contributed by atoms with Gasteiger partial charge in [-0.3, -0.25) is 9.59 Å². The van der Waals surface area contributed by atoms with Gasteiger partial charge in [-0.05, 0) is 79.3 Å². The maximum Gasteiger partial charge on any atom is 0.316 e. The third-order valence-electron chi connectivity index (χ3n) is 5.20. The third kappa shape index (κ3) is 6.19. The number of hydrogen-bond donors (Lipinski definition) is 0. The summed E-state index contributed by atoms with van der Waals surface area (Å²) in [5.74, 6) is 0.899. The number of carbonyl (C=O) groups excluding carboxylic acids is 2. The van der Waals surface area contributed by atoms with E-state index in [0.717, 1.165) is 35.0 Å². The van der Waals surface area contributed by atoms with Gasteiger partial charge in [0.15, 0.2) is 6.29 Å². The molecule has 33 heavy (non-hydrogen) atoms. The van der Waals surface area contributed by atoms with Crippen LogP contribution in [0.5, 0.6) is 11.5 Å². The second-order valence-corrected chi connectivity index (χ2v) is 8.74. The summed E-state index contributed by atoms with van der Waals surface area (Å²) < 4.78 is 11.0. The van der Waals surface area contributed by atoms with Crippen molar-refractivity contribution < 1.29 is 19.1 Å². The van der Waals surface area contributed by atoms with Crippen LogP contribution in [-0.2, 0) is 9.59 Å². The van der Waals surface area contributed by atoms with E-state index in [1.807, 2.05) is 87.5 Å². The van der Waals surface area contributed by atoms with Crippen molar-refractivity contribution in [3.63, 3.8) is 0 Å². The lowest BCUT2D eigenvalue weighted by molar-refractivity contribution is -0.143. The summed E-state index contributed by atoms with van der Waals surface area (Å²) in [6.07, 6.45) is 1.57. The molecule has 0 saturated carbocycles. The first-order chi connectivity index (χ1) is 15.8. The normalized spacial score (nSPS) is 12.0. The van der Waals surface area contributed by atoms with E-state index in [-0.39, 0.29) is 12.6 Å². The topological polar surface area (TPSA) is 52.6 Å². The maximum atomic E-state index is 12.3. The van der Waals surface area contributed by atoms with Crippen molar-refractivity contribution in [3.8, 4) is 11.5 Å². The Hall–Kier alpha value is -3.66. The number of hydrogen-bond acceptors (Lipinski definition) is 4. The van der Waals surface area contributed by atoms with Gasteiger partial charge in [-0.1, -0.05) is 61.5 Å². The van der Waals surface area contributed by atoms with E-state index < -0.39 is 5.41 Å². The van der Waals surface area contributed by atoms with Crippen molar-refractivity contribution in [1.29, 1.82) is 0 Å². The fourth-order valence-electron chi connectivity index (χ4n) is 3.48. The first kappa shape index (κ1) is 24.0. The summed E-state index contributed by atoms with van der Waals surface area (Å²) in [6, 6.07) is 25.7. The predicted octanol–water partition coefficient (Wildman–Crippen LogP) is 6.58. The smallest absolute Gasteiger partial charge is 0.316 e. The molecule has 0 radical (unpaired) electrons. The molecule has 3 rings (SSSR count). The van der Waals surface area contributed by atoms with Crippen molar-refractivity contribution in [2.75, 3.05) is 6.61 Å². The van der Waals surface area contributed by atoms with Crippen LogP contribution in [0.3, 0.4) is 0 Å². The van der Waals surface area contributed by atoms with Crippen LogP contribution in [0.4, 0.5) is 0 Å². The molecule has 0 spiro atoms. The van der Waals surface area contributed by atoms with E-state index in [2.05, 4.69) is 19.1 Å². The molecule has 3 aromatic carbocycles. The Labute approximate surface area is 195 Å². The van der Waals surface area contributed by atoms with Crippen LogP contribution < -0.4 is 9.47 Å². The molecule has 0 aliphatic heterocycles. The summed E-state index contributed by atoms with van der Waals surface area (Å²) in [5, 5.41) is 0. The highest BCUT2D eigenvalue weighted by molar-refractivity contribution is 5.98. The Morgan fingerprint density at radius 2 is 1.33 bits per heavy atom. The lowest BCUT2D eigenvalue weighted by Crippen LogP contribution is -2.25. The van der Waals surface area contributed by atoms with Gasteiger partial charge in [-0.25, -0.2) is 0 Å². The van der Waals surface area contributed by atoms with Gasteiger partial charge < -0.3 is 9.47 Å². The number of ether oxygens (including phenoxy) is 2. The number of rotatable bonds is 8. The molecule has 0 aliphatic rings. The largest absolute Gasteiger partial charge is 0.486 e. The lowest BCUT2D eigenvalue weighted by atomic mass is 9.88. The fourth-order valence-corrected chi connectivity index (χ4v) is 3.48. The summed E-state index contributed by atoms with van der Waals surface area (Å²) >= 11 is 0. The minimum Gasteiger partial charge on any atom is -0.486 e. The molecular weight excluding hydrogens is 412 g/mol. The molecule has 0 fully saturated rings. The molecular formula is C29H30O4. The molecule has 0 heterocycles. The molecule has 0 atom stereocenters. The van der Waals surface area contributed by atoms with E-state index in [1.54, 1.807) is 0 Å². The molecule has 0 saturated heterocycles. The fraction of sp³-hybridized carbons (Fsp3) is 0.241. The average molecular weight is 443 g/mol. The number of esters is 1. The van der Waals surface area contributed by atoms with Crippen LogP contribution >= 0.6 is 0 Å². The number of aldehydes is 1. The van der Waals surface area contributed by atoms with E-state index in [1.165, 1.54) is 5.57 Å². The van der Waals surface area contributed by atoms with Crippen molar-refractivity contribution in [2.45, 2.75) is 34.1 Å². The quantitative estimate of drug-likeness (QED) is 0.171. The molecule has 0 aliphatic carbocycles. The number of allylic oxidation sites excluding steroid dienone is 1. The first-order valence-corrected chi connectivity index (χ1v) is 11.1. The molecule has 3 aromatic rings. The SMILES string of the molecule is CC/C(=C(/c1ccc(OCC=O)cc1)c1ccc(OC(=O)C(C)(C)C)cc1)c1ccccc1.